The predicted molar refractivity (Wildman–Crippen MR) is 66.3 cm³/mol. The summed E-state index contributed by atoms with van der Waals surface area (Å²) in [6.45, 7) is 3.59. The van der Waals surface area contributed by atoms with Crippen molar-refractivity contribution < 1.29 is 15.3 Å². The lowest BCUT2D eigenvalue weighted by atomic mass is 9.99. The van der Waals surface area contributed by atoms with Gasteiger partial charge in [0.05, 0.1) is 0 Å². The topological polar surface area (TPSA) is 60.7 Å². The third-order valence-corrected chi connectivity index (χ3v) is 2.82. The van der Waals surface area contributed by atoms with Crippen molar-refractivity contribution in [3.63, 3.8) is 0 Å². The molecule has 88 valence electrons. The molecular weight excluding hydrogens is 216 g/mol. The maximum Gasteiger partial charge on any atom is 0.165 e. The van der Waals surface area contributed by atoms with Crippen LogP contribution >= 0.6 is 0 Å². The number of hydrogen-bond donors (Lipinski definition) is 3. The molecule has 0 spiro atoms. The Balaban J connectivity index is 2.65. The molecule has 0 aliphatic heterocycles. The minimum Gasteiger partial charge on any atom is -0.507 e. The molecule has 2 aromatic rings. The van der Waals surface area contributed by atoms with E-state index in [0.29, 0.717) is 5.56 Å². The summed E-state index contributed by atoms with van der Waals surface area (Å²) in [6, 6.07) is 8.37. The first-order chi connectivity index (χ1) is 8.00. The Bertz CT molecular complexity index is 551. The van der Waals surface area contributed by atoms with Crippen LogP contribution in [-0.4, -0.2) is 15.3 Å². The number of para-hydroxylation sites is 1. The molecule has 0 unspecified atom stereocenters. The molecular formula is C14H14O3. The zero-order valence-corrected chi connectivity index (χ0v) is 9.73. The number of phenolic OH excluding ortho intramolecular Hbond substituents is 3. The van der Waals surface area contributed by atoms with Crippen LogP contribution in [0.15, 0.2) is 30.3 Å². The molecule has 2 aromatic carbocycles. The fourth-order valence-electron chi connectivity index (χ4n) is 1.88. The lowest BCUT2D eigenvalue weighted by molar-refractivity contribution is 0.405. The lowest BCUT2D eigenvalue weighted by Crippen LogP contribution is -1.85. The Morgan fingerprint density at radius 2 is 1.41 bits per heavy atom. The van der Waals surface area contributed by atoms with Crippen LogP contribution in [0.25, 0.3) is 11.1 Å². The van der Waals surface area contributed by atoms with Gasteiger partial charge in [-0.1, -0.05) is 12.1 Å². The monoisotopic (exact) mass is 230 g/mol. The third kappa shape index (κ3) is 1.91. The molecule has 0 heterocycles. The van der Waals surface area contributed by atoms with Crippen LogP contribution in [0.4, 0.5) is 0 Å². The van der Waals surface area contributed by atoms with Crippen LogP contribution in [0.2, 0.25) is 0 Å². The zero-order valence-electron chi connectivity index (χ0n) is 9.73. The summed E-state index contributed by atoms with van der Waals surface area (Å²) >= 11 is 0. The number of phenols is 3. The Morgan fingerprint density at radius 3 is 2.00 bits per heavy atom. The van der Waals surface area contributed by atoms with E-state index in [4.69, 9.17) is 0 Å². The minimum absolute atomic E-state index is 0.142. The molecule has 0 aliphatic rings. The van der Waals surface area contributed by atoms with Crippen molar-refractivity contribution in [3.05, 3.63) is 41.5 Å². The first kappa shape index (κ1) is 11.3. The van der Waals surface area contributed by atoms with Gasteiger partial charge in [0.2, 0.25) is 0 Å². The molecule has 3 nitrogen and oxygen atoms in total. The van der Waals surface area contributed by atoms with Gasteiger partial charge in [-0.25, -0.2) is 0 Å². The van der Waals surface area contributed by atoms with Gasteiger partial charge in [-0.15, -0.1) is 0 Å². The zero-order chi connectivity index (χ0) is 12.6. The summed E-state index contributed by atoms with van der Waals surface area (Å²) in [5, 5.41) is 28.9. The predicted octanol–water partition coefficient (Wildman–Crippen LogP) is 3.09. The molecule has 0 radical (unpaired) electrons. The highest BCUT2D eigenvalue weighted by Gasteiger charge is 2.10. The highest BCUT2D eigenvalue weighted by atomic mass is 16.3. The molecule has 0 atom stereocenters. The van der Waals surface area contributed by atoms with E-state index in [1.165, 1.54) is 6.07 Å². The second kappa shape index (κ2) is 4.01. The van der Waals surface area contributed by atoms with E-state index in [1.54, 1.807) is 38.1 Å². The van der Waals surface area contributed by atoms with Gasteiger partial charge in [-0.2, -0.15) is 0 Å². The Hall–Kier alpha value is -2.16. The second-order valence-corrected chi connectivity index (χ2v) is 4.13. The van der Waals surface area contributed by atoms with Crippen LogP contribution in [0, 0.1) is 13.8 Å². The van der Waals surface area contributed by atoms with E-state index in [1.807, 2.05) is 0 Å². The Morgan fingerprint density at radius 1 is 0.824 bits per heavy atom. The van der Waals surface area contributed by atoms with Crippen molar-refractivity contribution in [2.24, 2.45) is 0 Å². The minimum atomic E-state index is -0.147. The van der Waals surface area contributed by atoms with E-state index in [9.17, 15) is 15.3 Å². The molecule has 3 heteroatoms. The smallest absolute Gasteiger partial charge is 0.165 e. The Kier molecular flexibility index (Phi) is 2.68. The van der Waals surface area contributed by atoms with Gasteiger partial charge in [0, 0.05) is 5.56 Å². The van der Waals surface area contributed by atoms with Crippen LogP contribution in [-0.2, 0) is 0 Å². The van der Waals surface area contributed by atoms with Crippen molar-refractivity contribution in [2.75, 3.05) is 0 Å². The average molecular weight is 230 g/mol. The SMILES string of the molecule is Cc1cc(-c2cccc(O)c2O)cc(C)c1O. The third-order valence-electron chi connectivity index (χ3n) is 2.82. The van der Waals surface area contributed by atoms with E-state index in [2.05, 4.69) is 0 Å². The standard InChI is InChI=1S/C14H14O3/c1-8-6-10(7-9(2)13(8)16)11-4-3-5-12(15)14(11)17/h3-7,15-17H,1-2H3. The maximum atomic E-state index is 9.79. The average Bonchev–Trinajstić information content (AvgIpc) is 2.29. The van der Waals surface area contributed by atoms with Crippen molar-refractivity contribution >= 4 is 0 Å². The highest BCUT2D eigenvalue weighted by Crippen LogP contribution is 2.38. The number of aryl methyl sites for hydroxylation is 2. The molecule has 0 aromatic heterocycles. The van der Waals surface area contributed by atoms with Crippen LogP contribution in [0.5, 0.6) is 17.2 Å². The van der Waals surface area contributed by atoms with Gasteiger partial charge in [0.25, 0.3) is 0 Å². The summed E-state index contributed by atoms with van der Waals surface area (Å²) in [5.74, 6) is -0.0312. The van der Waals surface area contributed by atoms with E-state index >= 15 is 0 Å². The van der Waals surface area contributed by atoms with Crippen LogP contribution in [0.3, 0.4) is 0 Å². The fraction of sp³-hybridized carbons (Fsp3) is 0.143. The summed E-state index contributed by atoms with van der Waals surface area (Å²) < 4.78 is 0. The summed E-state index contributed by atoms with van der Waals surface area (Å²) in [7, 11) is 0. The molecule has 17 heavy (non-hydrogen) atoms. The summed E-state index contributed by atoms with van der Waals surface area (Å²) in [4.78, 5) is 0. The second-order valence-electron chi connectivity index (χ2n) is 4.13. The molecule has 0 fully saturated rings. The van der Waals surface area contributed by atoms with Crippen molar-refractivity contribution in [2.45, 2.75) is 13.8 Å². The fourth-order valence-corrected chi connectivity index (χ4v) is 1.88. The molecule has 0 saturated heterocycles. The number of rotatable bonds is 1. The summed E-state index contributed by atoms with van der Waals surface area (Å²) in [5.41, 5.74) is 2.80. The number of hydrogen-bond acceptors (Lipinski definition) is 3. The van der Waals surface area contributed by atoms with Gasteiger partial charge in [-0.05, 0) is 48.7 Å². The van der Waals surface area contributed by atoms with Crippen LogP contribution < -0.4 is 0 Å². The van der Waals surface area contributed by atoms with Crippen LogP contribution in [0.1, 0.15) is 11.1 Å². The van der Waals surface area contributed by atoms with Gasteiger partial charge in [-0.3, -0.25) is 0 Å². The van der Waals surface area contributed by atoms with Crippen molar-refractivity contribution in [1.29, 1.82) is 0 Å². The molecule has 2 rings (SSSR count). The lowest BCUT2D eigenvalue weighted by Gasteiger charge is -2.10. The molecule has 0 aliphatic carbocycles. The maximum absolute atomic E-state index is 9.79. The van der Waals surface area contributed by atoms with Gasteiger partial charge in [0.15, 0.2) is 11.5 Å². The molecule has 0 bridgehead atoms. The van der Waals surface area contributed by atoms with Gasteiger partial charge in [0.1, 0.15) is 5.75 Å². The van der Waals surface area contributed by atoms with E-state index in [-0.39, 0.29) is 17.2 Å². The number of aromatic hydroxyl groups is 3. The molecule has 0 saturated carbocycles. The molecule has 0 amide bonds. The normalized spacial score (nSPS) is 10.5. The largest absolute Gasteiger partial charge is 0.507 e. The summed E-state index contributed by atoms with van der Waals surface area (Å²) in [6.07, 6.45) is 0. The number of benzene rings is 2. The van der Waals surface area contributed by atoms with Crippen molar-refractivity contribution in [1.82, 2.24) is 0 Å². The first-order valence-corrected chi connectivity index (χ1v) is 5.32. The first-order valence-electron chi connectivity index (χ1n) is 5.32. The highest BCUT2D eigenvalue weighted by molar-refractivity contribution is 5.75. The Labute approximate surface area is 99.6 Å². The quantitative estimate of drug-likeness (QED) is 0.660. The molecule has 3 N–H and O–H groups in total. The van der Waals surface area contributed by atoms with E-state index < -0.39 is 0 Å². The van der Waals surface area contributed by atoms with E-state index in [0.717, 1.165) is 16.7 Å². The van der Waals surface area contributed by atoms with Gasteiger partial charge < -0.3 is 15.3 Å². The van der Waals surface area contributed by atoms with Crippen molar-refractivity contribution in [3.8, 4) is 28.4 Å². The van der Waals surface area contributed by atoms with Gasteiger partial charge >= 0.3 is 0 Å².